The number of amides is 1. The van der Waals surface area contributed by atoms with Crippen LogP contribution in [0.2, 0.25) is 0 Å². The fraction of sp³-hybridized carbons (Fsp3) is 0.533. The van der Waals surface area contributed by atoms with Crippen LogP contribution in [-0.2, 0) is 0 Å². The minimum Gasteiger partial charge on any atom is -0.352 e. The lowest BCUT2D eigenvalue weighted by Gasteiger charge is -2.30. The van der Waals surface area contributed by atoms with Crippen LogP contribution in [0.1, 0.15) is 36.0 Å². The van der Waals surface area contributed by atoms with E-state index in [0.717, 1.165) is 37.8 Å². The molecule has 1 aliphatic carbocycles. The minimum atomic E-state index is -1.62. The molecule has 1 fully saturated rings. The summed E-state index contributed by atoms with van der Waals surface area (Å²) in [6.45, 7) is 0.930. The Bertz CT molecular complexity index is 522. The highest BCUT2D eigenvalue weighted by atomic mass is 19.2. The highest BCUT2D eigenvalue weighted by molar-refractivity contribution is 5.94. The van der Waals surface area contributed by atoms with Gasteiger partial charge in [0.1, 0.15) is 0 Å². The second kappa shape index (κ2) is 6.93. The maximum atomic E-state index is 13.5. The molecule has 1 aromatic carbocycles. The lowest BCUT2D eigenvalue weighted by Crippen LogP contribution is -2.37. The van der Waals surface area contributed by atoms with Gasteiger partial charge in [0, 0.05) is 6.54 Å². The Labute approximate surface area is 121 Å². The van der Waals surface area contributed by atoms with Crippen LogP contribution in [0.15, 0.2) is 12.1 Å². The second-order valence-corrected chi connectivity index (χ2v) is 5.47. The third-order valence-corrected chi connectivity index (χ3v) is 4.17. The van der Waals surface area contributed by atoms with E-state index >= 15 is 0 Å². The number of carbonyl (C=O) groups excluding carboxylic acids is 1. The summed E-state index contributed by atoms with van der Waals surface area (Å²) in [7, 11) is 0. The fourth-order valence-electron chi connectivity index (χ4n) is 2.88. The van der Waals surface area contributed by atoms with Gasteiger partial charge in [-0.25, -0.2) is 13.2 Å². The predicted octanol–water partition coefficient (Wildman–Crippen LogP) is 2.60. The molecule has 0 heterocycles. The largest absolute Gasteiger partial charge is 0.352 e. The smallest absolute Gasteiger partial charge is 0.254 e. The van der Waals surface area contributed by atoms with Crippen molar-refractivity contribution >= 4 is 5.91 Å². The third kappa shape index (κ3) is 3.56. The van der Waals surface area contributed by atoms with Crippen molar-refractivity contribution in [2.75, 3.05) is 13.1 Å². The van der Waals surface area contributed by atoms with Crippen LogP contribution in [0.3, 0.4) is 0 Å². The van der Waals surface area contributed by atoms with Gasteiger partial charge in [-0.3, -0.25) is 4.79 Å². The number of nitrogens with one attached hydrogen (secondary N) is 1. The van der Waals surface area contributed by atoms with Crippen molar-refractivity contribution in [1.29, 1.82) is 0 Å². The van der Waals surface area contributed by atoms with Gasteiger partial charge in [0.15, 0.2) is 17.5 Å². The summed E-state index contributed by atoms with van der Waals surface area (Å²) in [5.74, 6) is -4.52. The van der Waals surface area contributed by atoms with Gasteiger partial charge in [-0.05, 0) is 43.4 Å². The van der Waals surface area contributed by atoms with Gasteiger partial charge >= 0.3 is 0 Å². The number of nitrogens with two attached hydrogens (primary N) is 1. The van der Waals surface area contributed by atoms with E-state index in [1.807, 2.05) is 0 Å². The molecule has 6 heteroatoms. The van der Waals surface area contributed by atoms with Crippen LogP contribution in [0.25, 0.3) is 0 Å². The van der Waals surface area contributed by atoms with E-state index in [-0.39, 0.29) is 5.92 Å². The molecule has 0 aliphatic heterocycles. The van der Waals surface area contributed by atoms with Gasteiger partial charge < -0.3 is 11.1 Å². The topological polar surface area (TPSA) is 55.1 Å². The first-order chi connectivity index (χ1) is 10.0. The maximum absolute atomic E-state index is 13.5. The van der Waals surface area contributed by atoms with Crippen molar-refractivity contribution in [1.82, 2.24) is 5.32 Å². The molecule has 2 unspecified atom stereocenters. The molecule has 0 bridgehead atoms. The summed E-state index contributed by atoms with van der Waals surface area (Å²) in [6, 6.07) is 1.70. The Morgan fingerprint density at radius 2 is 1.81 bits per heavy atom. The van der Waals surface area contributed by atoms with Gasteiger partial charge in [-0.2, -0.15) is 0 Å². The van der Waals surface area contributed by atoms with Crippen LogP contribution in [-0.4, -0.2) is 19.0 Å². The zero-order valence-electron chi connectivity index (χ0n) is 11.7. The molecule has 21 heavy (non-hydrogen) atoms. The van der Waals surface area contributed by atoms with Crippen LogP contribution in [0.5, 0.6) is 0 Å². The molecule has 2 atom stereocenters. The Kier molecular flexibility index (Phi) is 5.22. The molecule has 0 aromatic heterocycles. The quantitative estimate of drug-likeness (QED) is 0.840. The van der Waals surface area contributed by atoms with Crippen LogP contribution in [0.4, 0.5) is 13.2 Å². The van der Waals surface area contributed by atoms with Gasteiger partial charge in [0.05, 0.1) is 5.56 Å². The van der Waals surface area contributed by atoms with E-state index in [2.05, 4.69) is 5.32 Å². The van der Waals surface area contributed by atoms with E-state index < -0.39 is 28.9 Å². The standard InChI is InChI=1S/C15H19F3N2O/c16-12-6-5-11(13(17)14(12)18)15(21)20-8-10-4-2-1-3-9(10)7-19/h5-6,9-10H,1-4,7-8,19H2,(H,20,21). The SMILES string of the molecule is NCC1CCCCC1CNC(=O)c1ccc(F)c(F)c1F. The van der Waals surface area contributed by atoms with Gasteiger partial charge in [0.2, 0.25) is 0 Å². The first kappa shape index (κ1) is 15.8. The van der Waals surface area contributed by atoms with Crippen LogP contribution < -0.4 is 11.1 Å². The molecule has 0 saturated heterocycles. The Morgan fingerprint density at radius 3 is 2.48 bits per heavy atom. The van der Waals surface area contributed by atoms with Crippen LogP contribution in [0, 0.1) is 29.3 Å². The van der Waals surface area contributed by atoms with E-state index in [1.165, 1.54) is 0 Å². The number of benzene rings is 1. The number of hydrogen-bond donors (Lipinski definition) is 2. The zero-order chi connectivity index (χ0) is 15.4. The molecular weight excluding hydrogens is 281 g/mol. The maximum Gasteiger partial charge on any atom is 0.254 e. The summed E-state index contributed by atoms with van der Waals surface area (Å²) in [5.41, 5.74) is 5.23. The van der Waals surface area contributed by atoms with Gasteiger partial charge in [-0.15, -0.1) is 0 Å². The summed E-state index contributed by atoms with van der Waals surface area (Å²) in [5, 5.41) is 2.60. The number of halogens is 3. The van der Waals surface area contributed by atoms with Crippen molar-refractivity contribution in [3.05, 3.63) is 35.1 Å². The second-order valence-electron chi connectivity index (χ2n) is 5.47. The molecule has 116 valence electrons. The molecule has 3 nitrogen and oxygen atoms in total. The summed E-state index contributed by atoms with van der Waals surface area (Å²) < 4.78 is 39.5. The fourth-order valence-corrected chi connectivity index (χ4v) is 2.88. The molecule has 2 rings (SSSR count). The van der Waals surface area contributed by atoms with Crippen molar-refractivity contribution in [2.24, 2.45) is 17.6 Å². The molecule has 1 aliphatic rings. The lowest BCUT2D eigenvalue weighted by molar-refractivity contribution is 0.0929. The monoisotopic (exact) mass is 300 g/mol. The Balaban J connectivity index is 2.00. The molecule has 0 radical (unpaired) electrons. The number of rotatable bonds is 4. The first-order valence-corrected chi connectivity index (χ1v) is 7.16. The highest BCUT2D eigenvalue weighted by Gasteiger charge is 2.25. The van der Waals surface area contributed by atoms with E-state index in [4.69, 9.17) is 5.73 Å². The van der Waals surface area contributed by atoms with Crippen molar-refractivity contribution < 1.29 is 18.0 Å². The van der Waals surface area contributed by atoms with Crippen LogP contribution >= 0.6 is 0 Å². The summed E-state index contributed by atoms with van der Waals surface area (Å²) >= 11 is 0. The normalized spacial score (nSPS) is 22.1. The lowest BCUT2D eigenvalue weighted by atomic mass is 9.79. The van der Waals surface area contributed by atoms with E-state index in [1.54, 1.807) is 0 Å². The molecule has 1 amide bonds. The average molecular weight is 300 g/mol. The molecule has 0 spiro atoms. The number of hydrogen-bond acceptors (Lipinski definition) is 2. The third-order valence-electron chi connectivity index (χ3n) is 4.17. The Morgan fingerprint density at radius 1 is 1.14 bits per heavy atom. The van der Waals surface area contributed by atoms with Crippen molar-refractivity contribution in [3.8, 4) is 0 Å². The highest BCUT2D eigenvalue weighted by Crippen LogP contribution is 2.28. The molecule has 1 saturated carbocycles. The molecular formula is C15H19F3N2O. The molecule has 1 aromatic rings. The number of carbonyl (C=O) groups is 1. The average Bonchev–Trinajstić information content (AvgIpc) is 2.50. The first-order valence-electron chi connectivity index (χ1n) is 7.16. The predicted molar refractivity (Wildman–Crippen MR) is 73.2 cm³/mol. The summed E-state index contributed by atoms with van der Waals surface area (Å²) in [4.78, 5) is 11.9. The Hall–Kier alpha value is -1.56. The molecule has 3 N–H and O–H groups in total. The van der Waals surface area contributed by atoms with Crippen molar-refractivity contribution in [3.63, 3.8) is 0 Å². The van der Waals surface area contributed by atoms with E-state index in [0.29, 0.717) is 19.0 Å². The van der Waals surface area contributed by atoms with Gasteiger partial charge in [0.25, 0.3) is 5.91 Å². The zero-order valence-corrected chi connectivity index (χ0v) is 11.7. The van der Waals surface area contributed by atoms with E-state index in [9.17, 15) is 18.0 Å². The minimum absolute atomic E-state index is 0.251. The van der Waals surface area contributed by atoms with Gasteiger partial charge in [-0.1, -0.05) is 12.8 Å². The van der Waals surface area contributed by atoms with Crippen molar-refractivity contribution in [2.45, 2.75) is 25.7 Å². The summed E-state index contributed by atoms with van der Waals surface area (Å²) in [6.07, 6.45) is 4.19.